The maximum Gasteiger partial charge on any atom is 0.306 e. The zero-order valence-corrected chi connectivity index (χ0v) is 19.2. The molecule has 2 amide bonds. The van der Waals surface area contributed by atoms with Gasteiger partial charge in [0.1, 0.15) is 5.82 Å². The Labute approximate surface area is 201 Å². The fourth-order valence-corrected chi connectivity index (χ4v) is 4.29. The number of aliphatic carboxylic acids is 1. The first kappa shape index (κ1) is 24.6. The van der Waals surface area contributed by atoms with Crippen molar-refractivity contribution in [3.63, 3.8) is 0 Å². The van der Waals surface area contributed by atoms with Gasteiger partial charge < -0.3 is 20.5 Å². The van der Waals surface area contributed by atoms with Crippen molar-refractivity contribution in [3.05, 3.63) is 64.7 Å². The van der Waals surface area contributed by atoms with Crippen molar-refractivity contribution in [2.45, 2.75) is 50.5 Å². The molecular formula is C26H28F2N2O5. The van der Waals surface area contributed by atoms with Crippen molar-refractivity contribution in [2.75, 3.05) is 13.1 Å². The Morgan fingerprint density at radius 2 is 1.40 bits per heavy atom. The molecule has 0 aliphatic heterocycles. The molecule has 2 saturated carbocycles. The number of halogens is 2. The fourth-order valence-electron chi connectivity index (χ4n) is 4.29. The van der Waals surface area contributed by atoms with Crippen LogP contribution in [0.4, 0.5) is 8.78 Å². The van der Waals surface area contributed by atoms with E-state index >= 15 is 0 Å². The molecule has 186 valence electrons. The number of benzene rings is 2. The largest absolute Gasteiger partial charge is 0.487 e. The van der Waals surface area contributed by atoms with E-state index in [4.69, 9.17) is 9.84 Å². The molecule has 9 heteroatoms. The number of rotatable bonds is 9. The third kappa shape index (κ3) is 6.35. The molecule has 0 heterocycles. The lowest BCUT2D eigenvalue weighted by atomic mass is 9.87. The van der Waals surface area contributed by atoms with Gasteiger partial charge in [0.25, 0.3) is 11.8 Å². The number of amides is 2. The van der Waals surface area contributed by atoms with E-state index < -0.39 is 23.6 Å². The Hall–Kier alpha value is -3.49. The SMILES string of the molecule is O=C(NCCNC(=O)c1ccc(C2CC2)c(F)c1)c1ccc(OC2CCC(C(=O)O)CC2)c(F)c1. The quantitative estimate of drug-likeness (QED) is 0.465. The van der Waals surface area contributed by atoms with Gasteiger partial charge in [-0.2, -0.15) is 0 Å². The summed E-state index contributed by atoms with van der Waals surface area (Å²) in [6.07, 6.45) is 3.71. The van der Waals surface area contributed by atoms with Gasteiger partial charge >= 0.3 is 5.97 Å². The smallest absolute Gasteiger partial charge is 0.306 e. The number of ether oxygens (including phenoxy) is 1. The highest BCUT2D eigenvalue weighted by molar-refractivity contribution is 5.95. The second-order valence-electron chi connectivity index (χ2n) is 9.10. The molecule has 2 aliphatic rings. The van der Waals surface area contributed by atoms with E-state index in [9.17, 15) is 23.2 Å². The molecule has 2 aliphatic carbocycles. The lowest BCUT2D eigenvalue weighted by Gasteiger charge is -2.27. The maximum atomic E-state index is 14.5. The number of carbonyl (C=O) groups is 3. The molecule has 35 heavy (non-hydrogen) atoms. The van der Waals surface area contributed by atoms with Crippen LogP contribution in [0.1, 0.15) is 70.7 Å². The minimum atomic E-state index is -0.819. The summed E-state index contributed by atoms with van der Waals surface area (Å²) in [6, 6.07) is 8.37. The van der Waals surface area contributed by atoms with Crippen LogP contribution < -0.4 is 15.4 Å². The van der Waals surface area contributed by atoms with E-state index in [2.05, 4.69) is 10.6 Å². The highest BCUT2D eigenvalue weighted by Gasteiger charge is 2.28. The van der Waals surface area contributed by atoms with E-state index in [0.717, 1.165) is 18.9 Å². The third-order valence-corrected chi connectivity index (χ3v) is 6.49. The van der Waals surface area contributed by atoms with Crippen molar-refractivity contribution >= 4 is 17.8 Å². The standard InChI is InChI=1S/C26H28F2N2O5/c27-21-13-17(5-9-20(21)15-1-2-15)24(31)29-11-12-30-25(32)18-6-10-23(22(28)14-18)35-19-7-3-16(4-8-19)26(33)34/h5-6,9-10,13-16,19H,1-4,7-8,11-12H2,(H,29,31)(H,30,32)(H,33,34). The summed E-state index contributed by atoms with van der Waals surface area (Å²) < 4.78 is 34.3. The van der Waals surface area contributed by atoms with E-state index in [1.807, 2.05) is 0 Å². The summed E-state index contributed by atoms with van der Waals surface area (Å²) in [5.41, 5.74) is 0.962. The number of carboxylic acids is 1. The summed E-state index contributed by atoms with van der Waals surface area (Å²) in [6.45, 7) is 0.235. The summed E-state index contributed by atoms with van der Waals surface area (Å²) in [4.78, 5) is 35.6. The normalized spacial score (nSPS) is 19.6. The van der Waals surface area contributed by atoms with Crippen LogP contribution in [0.3, 0.4) is 0 Å². The molecule has 3 N–H and O–H groups in total. The van der Waals surface area contributed by atoms with Crippen molar-refractivity contribution in [3.8, 4) is 5.75 Å². The van der Waals surface area contributed by atoms with Crippen molar-refractivity contribution in [2.24, 2.45) is 5.92 Å². The average molecular weight is 487 g/mol. The highest BCUT2D eigenvalue weighted by Crippen LogP contribution is 2.41. The summed E-state index contributed by atoms with van der Waals surface area (Å²) in [7, 11) is 0. The lowest BCUT2D eigenvalue weighted by molar-refractivity contribution is -0.143. The van der Waals surface area contributed by atoms with Crippen LogP contribution in [0.15, 0.2) is 36.4 Å². The first-order valence-electron chi connectivity index (χ1n) is 11.9. The molecule has 0 atom stereocenters. The lowest BCUT2D eigenvalue weighted by Crippen LogP contribution is -2.34. The van der Waals surface area contributed by atoms with E-state index in [1.165, 1.54) is 18.2 Å². The van der Waals surface area contributed by atoms with Crippen molar-refractivity contribution in [1.82, 2.24) is 10.6 Å². The molecule has 4 rings (SSSR count). The van der Waals surface area contributed by atoms with Crippen LogP contribution in [0.5, 0.6) is 5.75 Å². The molecule has 2 aromatic carbocycles. The molecule has 7 nitrogen and oxygen atoms in total. The predicted molar refractivity (Wildman–Crippen MR) is 123 cm³/mol. The summed E-state index contributed by atoms with van der Waals surface area (Å²) >= 11 is 0. The van der Waals surface area contributed by atoms with Crippen molar-refractivity contribution < 1.29 is 33.0 Å². The molecule has 0 saturated heterocycles. The molecule has 0 unspecified atom stereocenters. The van der Waals surface area contributed by atoms with Crippen molar-refractivity contribution in [1.29, 1.82) is 0 Å². The van der Waals surface area contributed by atoms with Crippen LogP contribution >= 0.6 is 0 Å². The van der Waals surface area contributed by atoms with E-state index in [0.29, 0.717) is 31.2 Å². The van der Waals surface area contributed by atoms with Crippen LogP contribution in [-0.2, 0) is 4.79 Å². The maximum absolute atomic E-state index is 14.5. The third-order valence-electron chi connectivity index (χ3n) is 6.49. The number of hydrogen-bond acceptors (Lipinski definition) is 4. The van der Waals surface area contributed by atoms with Crippen LogP contribution in [0.2, 0.25) is 0 Å². The van der Waals surface area contributed by atoms with Gasteiger partial charge in [-0.15, -0.1) is 0 Å². The topological polar surface area (TPSA) is 105 Å². The predicted octanol–water partition coefficient (Wildman–Crippen LogP) is 4.02. The van der Waals surface area contributed by atoms with Gasteiger partial charge in [-0.3, -0.25) is 14.4 Å². The van der Waals surface area contributed by atoms with E-state index in [-0.39, 0.29) is 53.7 Å². The fraction of sp³-hybridized carbons (Fsp3) is 0.423. The van der Waals surface area contributed by atoms with Gasteiger partial charge in [0, 0.05) is 24.2 Å². The number of carbonyl (C=O) groups excluding carboxylic acids is 2. The Kier molecular flexibility index (Phi) is 7.63. The Morgan fingerprint density at radius 1 is 0.829 bits per heavy atom. The highest BCUT2D eigenvalue weighted by atomic mass is 19.1. The average Bonchev–Trinajstić information content (AvgIpc) is 3.68. The Balaban J connectivity index is 1.21. The first-order chi connectivity index (χ1) is 16.8. The van der Waals surface area contributed by atoms with E-state index in [1.54, 1.807) is 12.1 Å². The minimum Gasteiger partial charge on any atom is -0.487 e. The summed E-state index contributed by atoms with van der Waals surface area (Å²) in [5, 5.41) is 14.3. The molecule has 0 aromatic heterocycles. The number of carboxylic acid groups (broad SMARTS) is 1. The Bertz CT molecular complexity index is 1110. The number of nitrogens with one attached hydrogen (secondary N) is 2. The zero-order valence-electron chi connectivity index (χ0n) is 19.2. The summed E-state index contributed by atoms with van der Waals surface area (Å²) in [5.74, 6) is -2.93. The van der Waals surface area contributed by atoms with Gasteiger partial charge in [0.2, 0.25) is 0 Å². The van der Waals surface area contributed by atoms with Gasteiger partial charge in [-0.05, 0) is 80.3 Å². The molecule has 0 bridgehead atoms. The van der Waals surface area contributed by atoms with Crippen LogP contribution in [-0.4, -0.2) is 42.1 Å². The molecule has 0 spiro atoms. The van der Waals surface area contributed by atoms with Crippen LogP contribution in [0.25, 0.3) is 0 Å². The second kappa shape index (κ2) is 10.8. The zero-order chi connectivity index (χ0) is 24.9. The number of hydrogen-bond donors (Lipinski definition) is 3. The van der Waals surface area contributed by atoms with Crippen LogP contribution in [0, 0.1) is 17.6 Å². The molecule has 2 fully saturated rings. The second-order valence-corrected chi connectivity index (χ2v) is 9.10. The minimum absolute atomic E-state index is 0.0209. The van der Waals surface area contributed by atoms with Gasteiger partial charge in [0.15, 0.2) is 11.6 Å². The molecule has 2 aromatic rings. The Morgan fingerprint density at radius 3 is 1.91 bits per heavy atom. The van der Waals surface area contributed by atoms with Gasteiger partial charge in [0.05, 0.1) is 12.0 Å². The monoisotopic (exact) mass is 486 g/mol. The van der Waals surface area contributed by atoms with Gasteiger partial charge in [-0.1, -0.05) is 6.07 Å². The first-order valence-corrected chi connectivity index (χ1v) is 11.9. The molecule has 0 radical (unpaired) electrons. The molecular weight excluding hydrogens is 458 g/mol. The van der Waals surface area contributed by atoms with Gasteiger partial charge in [-0.25, -0.2) is 8.78 Å².